The van der Waals surface area contributed by atoms with E-state index >= 15 is 0 Å². The Hall–Kier alpha value is -1.44. The second-order valence-corrected chi connectivity index (χ2v) is 9.17. The topological polar surface area (TPSA) is 0 Å². The first-order valence-electron chi connectivity index (χ1n) is 9.22. The second-order valence-electron chi connectivity index (χ2n) is 7.54. The molecule has 2 aromatic carbocycles. The molecule has 5 rings (SSSR count). The molecule has 0 aliphatic heterocycles. The molecular weight excluding hydrogens is 430 g/mol. The molecule has 28 heavy (non-hydrogen) atoms. The van der Waals surface area contributed by atoms with Crippen molar-refractivity contribution in [2.45, 2.75) is 25.7 Å². The Morgan fingerprint density at radius 1 is 0.393 bits per heavy atom. The van der Waals surface area contributed by atoms with Crippen LogP contribution in [-0.2, 0) is 25.7 Å². The fourth-order valence-electron chi connectivity index (χ4n) is 4.26. The molecule has 0 atom stereocenters. The van der Waals surface area contributed by atoms with Gasteiger partial charge in [0.25, 0.3) is 0 Å². The van der Waals surface area contributed by atoms with Gasteiger partial charge < -0.3 is 0 Å². The molecule has 0 fully saturated rings. The maximum Gasteiger partial charge on any atom is 0.0595 e. The molecule has 3 aliphatic rings. The summed E-state index contributed by atoms with van der Waals surface area (Å²) in [6, 6.07) is 8.03. The van der Waals surface area contributed by atoms with E-state index in [0.717, 1.165) is 25.7 Å². The lowest BCUT2D eigenvalue weighted by atomic mass is 9.79. The summed E-state index contributed by atoms with van der Waals surface area (Å²) >= 11 is 24.9. The van der Waals surface area contributed by atoms with Crippen molar-refractivity contribution in [1.82, 2.24) is 0 Å². The molecule has 0 saturated carbocycles. The maximum atomic E-state index is 6.23. The van der Waals surface area contributed by atoms with E-state index in [0.29, 0.717) is 20.1 Å². The number of rotatable bonds is 0. The first kappa shape index (κ1) is 18.6. The standard InChI is InChI=1S/C24H16Cl4/c25-21-9-17-5-13-1-2-14-6-18-10-22(26)24(28)12-20(18)8-16(14)4-3-15(13)7-19(17)11-23(21)27/h1-4,9-12H,5-8H2/b2-1?,4-3?,13-1-,14-2-,15-3?,16-4?. The molecule has 0 heterocycles. The zero-order chi connectivity index (χ0) is 19.4. The number of hydrogen-bond donors (Lipinski definition) is 0. The van der Waals surface area contributed by atoms with E-state index in [4.69, 9.17) is 46.4 Å². The molecule has 0 amide bonds. The van der Waals surface area contributed by atoms with Crippen LogP contribution in [-0.4, -0.2) is 0 Å². The van der Waals surface area contributed by atoms with Gasteiger partial charge in [0.15, 0.2) is 0 Å². The molecule has 0 spiro atoms. The van der Waals surface area contributed by atoms with Crippen molar-refractivity contribution in [3.8, 4) is 0 Å². The van der Waals surface area contributed by atoms with Gasteiger partial charge in [-0.1, -0.05) is 70.7 Å². The van der Waals surface area contributed by atoms with Crippen molar-refractivity contribution in [1.29, 1.82) is 0 Å². The van der Waals surface area contributed by atoms with Gasteiger partial charge in [-0.15, -0.1) is 0 Å². The van der Waals surface area contributed by atoms with Crippen molar-refractivity contribution in [2.75, 3.05) is 0 Å². The Morgan fingerprint density at radius 2 is 0.607 bits per heavy atom. The Bertz CT molecular complexity index is 964. The molecule has 0 bridgehead atoms. The van der Waals surface area contributed by atoms with Crippen LogP contribution in [0.1, 0.15) is 22.3 Å². The highest BCUT2D eigenvalue weighted by atomic mass is 35.5. The van der Waals surface area contributed by atoms with Crippen molar-refractivity contribution in [3.63, 3.8) is 0 Å². The maximum absolute atomic E-state index is 6.23. The third-order valence-electron chi connectivity index (χ3n) is 5.80. The molecule has 0 unspecified atom stereocenters. The van der Waals surface area contributed by atoms with E-state index in [1.165, 1.54) is 44.5 Å². The van der Waals surface area contributed by atoms with Crippen LogP contribution in [0.2, 0.25) is 20.1 Å². The zero-order valence-electron chi connectivity index (χ0n) is 15.0. The van der Waals surface area contributed by atoms with Crippen LogP contribution >= 0.6 is 46.4 Å². The molecule has 2 aromatic rings. The Kier molecular flexibility index (Phi) is 4.72. The van der Waals surface area contributed by atoms with Crippen LogP contribution in [0, 0.1) is 0 Å². The van der Waals surface area contributed by atoms with E-state index in [9.17, 15) is 0 Å². The lowest BCUT2D eigenvalue weighted by molar-refractivity contribution is 0.961. The molecular formula is C24H16Cl4. The first-order chi connectivity index (χ1) is 13.5. The SMILES string of the molecule is Clc1cc2c(cc1Cl)C/C1=C/C=C3/Cc4cc(Cl)c(Cl)cc4CC3=CC=C1C2. The highest BCUT2D eigenvalue weighted by Gasteiger charge is 2.22. The summed E-state index contributed by atoms with van der Waals surface area (Å²) < 4.78 is 0. The number of fused-ring (bicyclic) bond motifs is 4. The van der Waals surface area contributed by atoms with E-state index < -0.39 is 0 Å². The van der Waals surface area contributed by atoms with Gasteiger partial charge in [-0.2, -0.15) is 0 Å². The van der Waals surface area contributed by atoms with E-state index in [2.05, 4.69) is 24.3 Å². The fraction of sp³-hybridized carbons (Fsp3) is 0.167. The summed E-state index contributed by atoms with van der Waals surface area (Å²) in [6.07, 6.45) is 12.6. The molecule has 0 N–H and O–H groups in total. The van der Waals surface area contributed by atoms with Crippen LogP contribution in [0.25, 0.3) is 0 Å². The van der Waals surface area contributed by atoms with Crippen LogP contribution < -0.4 is 0 Å². The van der Waals surface area contributed by atoms with Crippen LogP contribution in [0.4, 0.5) is 0 Å². The van der Waals surface area contributed by atoms with Crippen molar-refractivity contribution < 1.29 is 0 Å². The molecule has 0 saturated heterocycles. The van der Waals surface area contributed by atoms with Crippen molar-refractivity contribution in [3.05, 3.63) is 113 Å². The summed E-state index contributed by atoms with van der Waals surface area (Å²) in [7, 11) is 0. The monoisotopic (exact) mass is 444 g/mol. The van der Waals surface area contributed by atoms with Gasteiger partial charge in [0.1, 0.15) is 0 Å². The predicted octanol–water partition coefficient (Wildman–Crippen LogP) is 7.92. The van der Waals surface area contributed by atoms with E-state index in [-0.39, 0.29) is 0 Å². The Labute approximate surface area is 184 Å². The smallest absolute Gasteiger partial charge is 0.0595 e. The largest absolute Gasteiger partial charge is 0.0827 e. The Balaban J connectivity index is 1.55. The normalized spacial score (nSPS) is 21.3. The summed E-state index contributed by atoms with van der Waals surface area (Å²) in [5.74, 6) is 0. The average Bonchev–Trinajstić information content (AvgIpc) is 2.65. The summed E-state index contributed by atoms with van der Waals surface area (Å²) in [5, 5.41) is 2.50. The van der Waals surface area contributed by atoms with Gasteiger partial charge in [0, 0.05) is 0 Å². The van der Waals surface area contributed by atoms with Crippen LogP contribution in [0.3, 0.4) is 0 Å². The molecule has 140 valence electrons. The third kappa shape index (κ3) is 3.27. The Morgan fingerprint density at radius 3 is 0.821 bits per heavy atom. The minimum absolute atomic E-state index is 0.624. The number of benzene rings is 2. The summed E-state index contributed by atoms with van der Waals surface area (Å²) in [5.41, 5.74) is 10.4. The molecule has 4 heteroatoms. The number of hydrogen-bond acceptors (Lipinski definition) is 0. The zero-order valence-corrected chi connectivity index (χ0v) is 18.0. The molecule has 3 aliphatic carbocycles. The fourth-order valence-corrected chi connectivity index (χ4v) is 5.00. The van der Waals surface area contributed by atoms with Crippen LogP contribution in [0.15, 0.2) is 70.9 Å². The molecule has 0 aromatic heterocycles. The van der Waals surface area contributed by atoms with Crippen LogP contribution in [0.5, 0.6) is 0 Å². The predicted molar refractivity (Wildman–Crippen MR) is 120 cm³/mol. The quantitative estimate of drug-likeness (QED) is 0.386. The molecule has 0 radical (unpaired) electrons. The molecule has 0 nitrogen and oxygen atoms in total. The van der Waals surface area contributed by atoms with Crippen molar-refractivity contribution >= 4 is 46.4 Å². The first-order valence-corrected chi connectivity index (χ1v) is 10.7. The lowest BCUT2D eigenvalue weighted by Crippen LogP contribution is -2.12. The third-order valence-corrected chi connectivity index (χ3v) is 7.25. The minimum Gasteiger partial charge on any atom is -0.0827 e. The van der Waals surface area contributed by atoms with E-state index in [1.54, 1.807) is 0 Å². The van der Waals surface area contributed by atoms with Gasteiger partial charge >= 0.3 is 0 Å². The van der Waals surface area contributed by atoms with Crippen molar-refractivity contribution in [2.24, 2.45) is 0 Å². The summed E-state index contributed by atoms with van der Waals surface area (Å²) in [6.45, 7) is 0. The number of halogens is 4. The summed E-state index contributed by atoms with van der Waals surface area (Å²) in [4.78, 5) is 0. The van der Waals surface area contributed by atoms with Gasteiger partial charge in [-0.05, 0) is 94.5 Å². The van der Waals surface area contributed by atoms with Gasteiger partial charge in [0.2, 0.25) is 0 Å². The van der Waals surface area contributed by atoms with Gasteiger partial charge in [-0.25, -0.2) is 0 Å². The number of allylic oxidation sites excluding steroid dienone is 8. The van der Waals surface area contributed by atoms with Gasteiger partial charge in [-0.3, -0.25) is 0 Å². The van der Waals surface area contributed by atoms with Gasteiger partial charge in [0.05, 0.1) is 20.1 Å². The lowest BCUT2D eigenvalue weighted by Gasteiger charge is -2.26. The highest BCUT2D eigenvalue weighted by molar-refractivity contribution is 6.42. The average molecular weight is 446 g/mol. The van der Waals surface area contributed by atoms with E-state index in [1.807, 2.05) is 24.3 Å². The minimum atomic E-state index is 0.624. The highest BCUT2D eigenvalue weighted by Crippen LogP contribution is 2.38. The second kappa shape index (κ2) is 7.11.